The minimum absolute atomic E-state index is 0.0302. The standard InChI is InChI=1S/C25H21N5O4S2/c1-3-11-29-24(32)22-20(18-9-7-16(2)8-10-18)14-35-23(22)27-25(29)36-15-21(31)28-26-13-17-5-4-6-19(12-17)30(33)34/h3-10,12-14H,1,11,15H2,2H3,(H,28,31)/b26-13+. The number of carbonyl (C=O) groups is 1. The summed E-state index contributed by atoms with van der Waals surface area (Å²) in [5, 5.41) is 17.6. The van der Waals surface area contributed by atoms with Crippen LogP contribution in [0.5, 0.6) is 0 Å². The minimum Gasteiger partial charge on any atom is -0.283 e. The summed E-state index contributed by atoms with van der Waals surface area (Å²) in [5.74, 6) is -0.440. The second-order valence-electron chi connectivity index (χ2n) is 7.73. The van der Waals surface area contributed by atoms with Crippen molar-refractivity contribution in [2.75, 3.05) is 5.75 Å². The molecule has 2 heterocycles. The molecule has 4 rings (SSSR count). The van der Waals surface area contributed by atoms with E-state index in [1.54, 1.807) is 12.1 Å². The fourth-order valence-corrected chi connectivity index (χ4v) is 5.20. The highest BCUT2D eigenvalue weighted by Gasteiger charge is 2.17. The number of benzene rings is 2. The van der Waals surface area contributed by atoms with Crippen molar-refractivity contribution in [3.05, 3.63) is 98.2 Å². The predicted molar refractivity (Wildman–Crippen MR) is 144 cm³/mol. The number of carbonyl (C=O) groups excluding carboxylic acids is 1. The topological polar surface area (TPSA) is 119 Å². The normalized spacial score (nSPS) is 11.1. The number of nitrogens with zero attached hydrogens (tertiary/aromatic N) is 4. The number of nitro groups is 1. The highest BCUT2D eigenvalue weighted by Crippen LogP contribution is 2.32. The largest absolute Gasteiger partial charge is 0.283 e. The molecule has 0 aliphatic carbocycles. The number of allylic oxidation sites excluding steroid dienone is 1. The summed E-state index contributed by atoms with van der Waals surface area (Å²) < 4.78 is 1.50. The third kappa shape index (κ3) is 5.58. The van der Waals surface area contributed by atoms with E-state index in [1.807, 2.05) is 36.6 Å². The van der Waals surface area contributed by atoms with Crippen molar-refractivity contribution in [1.82, 2.24) is 15.0 Å². The first kappa shape index (κ1) is 25.0. The van der Waals surface area contributed by atoms with Gasteiger partial charge in [0.2, 0.25) is 0 Å². The van der Waals surface area contributed by atoms with Gasteiger partial charge < -0.3 is 0 Å². The Hall–Kier alpha value is -4.09. The summed E-state index contributed by atoms with van der Waals surface area (Å²) in [5.41, 5.74) is 5.51. The van der Waals surface area contributed by atoms with Gasteiger partial charge in [0.25, 0.3) is 17.2 Å². The van der Waals surface area contributed by atoms with Crippen LogP contribution in [0.15, 0.2) is 81.6 Å². The average molecular weight is 520 g/mol. The minimum atomic E-state index is -0.503. The zero-order valence-corrected chi connectivity index (χ0v) is 20.8. The number of nitro benzene ring substituents is 1. The van der Waals surface area contributed by atoms with Gasteiger partial charge in [0, 0.05) is 35.2 Å². The summed E-state index contributed by atoms with van der Waals surface area (Å²) in [6.45, 7) is 6.00. The highest BCUT2D eigenvalue weighted by atomic mass is 32.2. The Morgan fingerprint density at radius 3 is 2.81 bits per heavy atom. The number of thioether (sulfide) groups is 1. The molecule has 2 aromatic carbocycles. The molecule has 0 atom stereocenters. The number of hydrazone groups is 1. The molecule has 182 valence electrons. The molecule has 1 amide bonds. The lowest BCUT2D eigenvalue weighted by atomic mass is 10.1. The zero-order chi connectivity index (χ0) is 25.7. The molecule has 0 saturated heterocycles. The second kappa shape index (κ2) is 11.1. The quantitative estimate of drug-likeness (QED) is 0.0850. The molecule has 4 aromatic rings. The van der Waals surface area contributed by atoms with E-state index in [0.29, 0.717) is 20.9 Å². The van der Waals surface area contributed by atoms with E-state index in [1.165, 1.54) is 40.3 Å². The van der Waals surface area contributed by atoms with E-state index in [0.717, 1.165) is 28.5 Å². The zero-order valence-electron chi connectivity index (χ0n) is 19.2. The van der Waals surface area contributed by atoms with Crippen LogP contribution in [0.1, 0.15) is 11.1 Å². The maximum Gasteiger partial charge on any atom is 0.270 e. The van der Waals surface area contributed by atoms with Crippen LogP contribution in [0.25, 0.3) is 21.3 Å². The molecular weight excluding hydrogens is 498 g/mol. The summed E-state index contributed by atoms with van der Waals surface area (Å²) in [6.07, 6.45) is 2.94. The van der Waals surface area contributed by atoms with Gasteiger partial charge in [0.1, 0.15) is 4.83 Å². The van der Waals surface area contributed by atoms with Gasteiger partial charge in [-0.05, 0) is 12.5 Å². The number of aromatic nitrogens is 2. The maximum atomic E-state index is 13.4. The van der Waals surface area contributed by atoms with Crippen molar-refractivity contribution in [1.29, 1.82) is 0 Å². The molecule has 0 radical (unpaired) electrons. The smallest absolute Gasteiger partial charge is 0.270 e. The van der Waals surface area contributed by atoms with Gasteiger partial charge in [0.05, 0.1) is 22.3 Å². The Kier molecular flexibility index (Phi) is 7.71. The monoisotopic (exact) mass is 519 g/mol. The van der Waals surface area contributed by atoms with E-state index in [4.69, 9.17) is 0 Å². The number of amides is 1. The Morgan fingerprint density at radius 2 is 2.08 bits per heavy atom. The summed E-state index contributed by atoms with van der Waals surface area (Å²) >= 11 is 2.50. The van der Waals surface area contributed by atoms with Gasteiger partial charge in [-0.15, -0.1) is 17.9 Å². The van der Waals surface area contributed by atoms with Crippen molar-refractivity contribution < 1.29 is 9.72 Å². The number of aryl methyl sites for hydroxylation is 1. The third-order valence-corrected chi connectivity index (χ3v) is 7.00. The van der Waals surface area contributed by atoms with Crippen LogP contribution in [0.3, 0.4) is 0 Å². The van der Waals surface area contributed by atoms with E-state index < -0.39 is 10.8 Å². The predicted octanol–water partition coefficient (Wildman–Crippen LogP) is 4.77. The molecule has 0 fully saturated rings. The Morgan fingerprint density at radius 1 is 1.31 bits per heavy atom. The number of fused-ring (bicyclic) bond motifs is 1. The number of rotatable bonds is 9. The van der Waals surface area contributed by atoms with Gasteiger partial charge in [-0.2, -0.15) is 5.10 Å². The van der Waals surface area contributed by atoms with Gasteiger partial charge in [-0.3, -0.25) is 24.3 Å². The molecule has 2 aromatic heterocycles. The SMILES string of the molecule is C=CCn1c(SCC(=O)N/N=C/c2cccc([N+](=O)[O-])c2)nc2scc(-c3ccc(C)cc3)c2c1=O. The fraction of sp³-hybridized carbons (Fsp3) is 0.120. The van der Waals surface area contributed by atoms with Gasteiger partial charge >= 0.3 is 0 Å². The van der Waals surface area contributed by atoms with Crippen LogP contribution in [0.4, 0.5) is 5.69 Å². The lowest BCUT2D eigenvalue weighted by Crippen LogP contribution is -2.24. The Balaban J connectivity index is 1.51. The average Bonchev–Trinajstić information content (AvgIpc) is 3.29. The van der Waals surface area contributed by atoms with Crippen molar-refractivity contribution in [3.63, 3.8) is 0 Å². The maximum absolute atomic E-state index is 13.4. The first-order valence-corrected chi connectivity index (χ1v) is 12.6. The highest BCUT2D eigenvalue weighted by molar-refractivity contribution is 7.99. The van der Waals surface area contributed by atoms with Crippen molar-refractivity contribution in [3.8, 4) is 11.1 Å². The lowest BCUT2D eigenvalue weighted by molar-refractivity contribution is -0.384. The van der Waals surface area contributed by atoms with Crippen LogP contribution < -0.4 is 11.0 Å². The fourth-order valence-electron chi connectivity index (χ4n) is 3.41. The number of thiophene rings is 1. The first-order chi connectivity index (χ1) is 17.4. The third-order valence-electron chi connectivity index (χ3n) is 5.15. The summed E-state index contributed by atoms with van der Waals surface area (Å²) in [4.78, 5) is 41.4. The molecule has 36 heavy (non-hydrogen) atoms. The van der Waals surface area contributed by atoms with Crippen LogP contribution >= 0.6 is 23.1 Å². The molecule has 0 aliphatic heterocycles. The summed E-state index contributed by atoms with van der Waals surface area (Å²) in [7, 11) is 0. The molecule has 11 heteroatoms. The number of nitrogens with one attached hydrogen (secondary N) is 1. The Bertz CT molecular complexity index is 1540. The number of hydrogen-bond acceptors (Lipinski definition) is 8. The molecule has 0 aliphatic rings. The van der Waals surface area contributed by atoms with Crippen molar-refractivity contribution in [2.45, 2.75) is 18.6 Å². The molecule has 1 N–H and O–H groups in total. The van der Waals surface area contributed by atoms with E-state index in [9.17, 15) is 19.7 Å². The van der Waals surface area contributed by atoms with E-state index in [2.05, 4.69) is 22.1 Å². The van der Waals surface area contributed by atoms with Crippen molar-refractivity contribution >= 4 is 51.1 Å². The second-order valence-corrected chi connectivity index (χ2v) is 9.53. The summed E-state index contributed by atoms with van der Waals surface area (Å²) in [6, 6.07) is 13.9. The van der Waals surface area contributed by atoms with Gasteiger partial charge in [0.15, 0.2) is 5.16 Å². The van der Waals surface area contributed by atoms with E-state index >= 15 is 0 Å². The molecule has 9 nitrogen and oxygen atoms in total. The van der Waals surface area contributed by atoms with Crippen LogP contribution in [0, 0.1) is 17.0 Å². The lowest BCUT2D eigenvalue weighted by Gasteiger charge is -2.10. The molecule has 0 bridgehead atoms. The number of hydrogen-bond donors (Lipinski definition) is 1. The molecule has 0 saturated carbocycles. The van der Waals surface area contributed by atoms with Gasteiger partial charge in [-0.1, -0.05) is 59.8 Å². The van der Waals surface area contributed by atoms with Crippen LogP contribution in [-0.4, -0.2) is 32.3 Å². The van der Waals surface area contributed by atoms with Crippen LogP contribution in [-0.2, 0) is 11.3 Å². The first-order valence-electron chi connectivity index (χ1n) is 10.8. The molecular formula is C25H21N5O4S2. The van der Waals surface area contributed by atoms with E-state index in [-0.39, 0.29) is 23.5 Å². The Labute approximate surface area is 214 Å². The number of non-ortho nitro benzene ring substituents is 1. The van der Waals surface area contributed by atoms with Gasteiger partial charge in [-0.25, -0.2) is 10.4 Å². The molecule has 0 unspecified atom stereocenters. The molecule has 0 spiro atoms. The van der Waals surface area contributed by atoms with Crippen LogP contribution in [0.2, 0.25) is 0 Å². The van der Waals surface area contributed by atoms with Crippen molar-refractivity contribution in [2.24, 2.45) is 5.10 Å².